The molecule has 1 saturated heterocycles. The van der Waals surface area contributed by atoms with E-state index in [1.807, 2.05) is 37.1 Å². The van der Waals surface area contributed by atoms with Crippen LogP contribution in [-0.2, 0) is 0 Å². The Kier molecular flexibility index (Phi) is 8.06. The van der Waals surface area contributed by atoms with E-state index in [0.717, 1.165) is 51.1 Å². The Bertz CT molecular complexity index is 540. The Morgan fingerprint density at radius 3 is 2.60 bits per heavy atom. The molecule has 0 spiro atoms. The van der Waals surface area contributed by atoms with Crippen molar-refractivity contribution in [1.82, 2.24) is 10.2 Å². The Morgan fingerprint density at radius 2 is 1.96 bits per heavy atom. The molecule has 1 fully saturated rings. The summed E-state index contributed by atoms with van der Waals surface area (Å²) in [6.07, 6.45) is 4.21. The molecule has 25 heavy (non-hydrogen) atoms. The molecule has 1 aliphatic heterocycles. The van der Waals surface area contributed by atoms with E-state index < -0.39 is 0 Å². The smallest absolute Gasteiger partial charge is 0.253 e. The van der Waals surface area contributed by atoms with E-state index in [9.17, 15) is 4.79 Å². The lowest BCUT2D eigenvalue weighted by molar-refractivity contribution is 0.0690. The molecule has 1 aromatic carbocycles. The normalized spacial score (nSPS) is 15.2. The van der Waals surface area contributed by atoms with E-state index in [2.05, 4.69) is 12.2 Å². The van der Waals surface area contributed by atoms with Crippen molar-refractivity contribution in [2.75, 3.05) is 39.9 Å². The van der Waals surface area contributed by atoms with Crippen molar-refractivity contribution in [1.29, 1.82) is 0 Å². The minimum Gasteiger partial charge on any atom is -0.490 e. The summed E-state index contributed by atoms with van der Waals surface area (Å²) in [6.45, 7) is 7.97. The molecule has 0 saturated carbocycles. The maximum absolute atomic E-state index is 12.8. The van der Waals surface area contributed by atoms with Gasteiger partial charge in [0.05, 0.1) is 13.2 Å². The van der Waals surface area contributed by atoms with E-state index >= 15 is 0 Å². The van der Waals surface area contributed by atoms with Crippen molar-refractivity contribution in [3.63, 3.8) is 0 Å². The SMILES string of the molecule is CCCCOc1ccc(C(=O)N2CCC(CNC)CC2)cc1OCC. The van der Waals surface area contributed by atoms with Gasteiger partial charge < -0.3 is 19.7 Å². The first-order valence-corrected chi connectivity index (χ1v) is 9.53. The molecule has 1 amide bonds. The summed E-state index contributed by atoms with van der Waals surface area (Å²) in [7, 11) is 1.98. The number of amides is 1. The van der Waals surface area contributed by atoms with Crippen LogP contribution in [0, 0.1) is 5.92 Å². The molecule has 0 atom stereocenters. The largest absolute Gasteiger partial charge is 0.490 e. The Labute approximate surface area is 151 Å². The van der Waals surface area contributed by atoms with Gasteiger partial charge in [-0.15, -0.1) is 0 Å². The lowest BCUT2D eigenvalue weighted by Crippen LogP contribution is -2.40. The summed E-state index contributed by atoms with van der Waals surface area (Å²) in [5.41, 5.74) is 0.679. The highest BCUT2D eigenvalue weighted by molar-refractivity contribution is 5.95. The van der Waals surface area contributed by atoms with E-state index in [1.54, 1.807) is 0 Å². The van der Waals surface area contributed by atoms with Crippen LogP contribution in [-0.4, -0.2) is 50.7 Å². The van der Waals surface area contributed by atoms with Crippen molar-refractivity contribution in [2.45, 2.75) is 39.5 Å². The maximum Gasteiger partial charge on any atom is 0.253 e. The van der Waals surface area contributed by atoms with Gasteiger partial charge >= 0.3 is 0 Å². The predicted octanol–water partition coefficient (Wildman–Crippen LogP) is 3.34. The van der Waals surface area contributed by atoms with Gasteiger partial charge in [0.25, 0.3) is 5.91 Å². The van der Waals surface area contributed by atoms with Crippen LogP contribution in [0.15, 0.2) is 18.2 Å². The molecule has 1 heterocycles. The second kappa shape index (κ2) is 10.3. The fraction of sp³-hybridized carbons (Fsp3) is 0.650. The number of hydrogen-bond donors (Lipinski definition) is 1. The van der Waals surface area contributed by atoms with Crippen molar-refractivity contribution < 1.29 is 14.3 Å². The number of nitrogens with one attached hydrogen (secondary N) is 1. The quantitative estimate of drug-likeness (QED) is 0.696. The molecule has 5 nitrogen and oxygen atoms in total. The number of unbranched alkanes of at least 4 members (excludes halogenated alkanes) is 1. The molecule has 1 N–H and O–H groups in total. The van der Waals surface area contributed by atoms with Gasteiger partial charge in [0, 0.05) is 18.7 Å². The first kappa shape index (κ1) is 19.6. The standard InChI is InChI=1S/C20H32N2O3/c1-4-6-13-25-18-8-7-17(14-19(18)24-5-2)20(23)22-11-9-16(10-12-22)15-21-3/h7-8,14,16,21H,4-6,9-13,15H2,1-3H3. The molecular weight excluding hydrogens is 316 g/mol. The lowest BCUT2D eigenvalue weighted by Gasteiger charge is -2.32. The highest BCUT2D eigenvalue weighted by Crippen LogP contribution is 2.30. The molecular formula is C20H32N2O3. The van der Waals surface area contributed by atoms with E-state index in [-0.39, 0.29) is 5.91 Å². The molecule has 0 unspecified atom stereocenters. The van der Waals surface area contributed by atoms with Gasteiger partial charge in [0.2, 0.25) is 0 Å². The van der Waals surface area contributed by atoms with Gasteiger partial charge in [-0.05, 0) is 63.9 Å². The molecule has 1 aliphatic rings. The summed E-state index contributed by atoms with van der Waals surface area (Å²) in [5.74, 6) is 2.14. The van der Waals surface area contributed by atoms with Gasteiger partial charge in [-0.3, -0.25) is 4.79 Å². The molecule has 0 aliphatic carbocycles. The summed E-state index contributed by atoms with van der Waals surface area (Å²) >= 11 is 0. The number of piperidine rings is 1. The van der Waals surface area contributed by atoms with E-state index in [4.69, 9.17) is 9.47 Å². The first-order chi connectivity index (χ1) is 12.2. The van der Waals surface area contributed by atoms with E-state index in [1.165, 1.54) is 0 Å². The molecule has 2 rings (SSSR count). The maximum atomic E-state index is 12.8. The van der Waals surface area contributed by atoms with Gasteiger partial charge in [0.15, 0.2) is 11.5 Å². The van der Waals surface area contributed by atoms with Crippen LogP contribution in [0.25, 0.3) is 0 Å². The molecule has 0 radical (unpaired) electrons. The third kappa shape index (κ3) is 5.63. The predicted molar refractivity (Wildman–Crippen MR) is 101 cm³/mol. The molecule has 140 valence electrons. The minimum absolute atomic E-state index is 0.0870. The molecule has 5 heteroatoms. The highest BCUT2D eigenvalue weighted by atomic mass is 16.5. The zero-order chi connectivity index (χ0) is 18.1. The van der Waals surface area contributed by atoms with Crippen LogP contribution in [0.4, 0.5) is 0 Å². The Hall–Kier alpha value is -1.75. The number of ether oxygens (including phenoxy) is 2. The van der Waals surface area contributed by atoms with Crippen LogP contribution in [0.1, 0.15) is 49.9 Å². The van der Waals surface area contributed by atoms with Crippen LogP contribution < -0.4 is 14.8 Å². The average Bonchev–Trinajstić information content (AvgIpc) is 2.63. The fourth-order valence-corrected chi connectivity index (χ4v) is 3.17. The number of nitrogens with zero attached hydrogens (tertiary/aromatic N) is 1. The van der Waals surface area contributed by atoms with Gasteiger partial charge in [-0.1, -0.05) is 13.3 Å². The summed E-state index contributed by atoms with van der Waals surface area (Å²) in [5, 5.41) is 3.23. The third-order valence-corrected chi connectivity index (χ3v) is 4.64. The summed E-state index contributed by atoms with van der Waals surface area (Å²) < 4.78 is 11.5. The van der Waals surface area contributed by atoms with Gasteiger partial charge in [-0.25, -0.2) is 0 Å². The number of benzene rings is 1. The molecule has 0 aromatic heterocycles. The van der Waals surface area contributed by atoms with Crippen LogP contribution in [0.3, 0.4) is 0 Å². The highest BCUT2D eigenvalue weighted by Gasteiger charge is 2.24. The Morgan fingerprint density at radius 1 is 1.20 bits per heavy atom. The van der Waals surface area contributed by atoms with Crippen LogP contribution >= 0.6 is 0 Å². The lowest BCUT2D eigenvalue weighted by atomic mass is 9.96. The van der Waals surface area contributed by atoms with Crippen LogP contribution in [0.5, 0.6) is 11.5 Å². The second-order valence-corrected chi connectivity index (χ2v) is 6.59. The van der Waals surface area contributed by atoms with Crippen molar-refractivity contribution >= 4 is 5.91 Å². The number of carbonyl (C=O) groups is 1. The van der Waals surface area contributed by atoms with Gasteiger partial charge in [-0.2, -0.15) is 0 Å². The third-order valence-electron chi connectivity index (χ3n) is 4.64. The zero-order valence-electron chi connectivity index (χ0n) is 15.8. The van der Waals surface area contributed by atoms with Crippen molar-refractivity contribution in [3.8, 4) is 11.5 Å². The minimum atomic E-state index is 0.0870. The van der Waals surface area contributed by atoms with E-state index in [0.29, 0.717) is 30.4 Å². The number of carbonyl (C=O) groups excluding carboxylic acids is 1. The first-order valence-electron chi connectivity index (χ1n) is 9.53. The number of rotatable bonds is 9. The molecule has 1 aromatic rings. The van der Waals surface area contributed by atoms with Gasteiger partial charge in [0.1, 0.15) is 0 Å². The number of likely N-dealkylation sites (tertiary alicyclic amines) is 1. The van der Waals surface area contributed by atoms with Crippen molar-refractivity contribution in [3.05, 3.63) is 23.8 Å². The molecule has 0 bridgehead atoms. The number of hydrogen-bond acceptors (Lipinski definition) is 4. The average molecular weight is 348 g/mol. The topological polar surface area (TPSA) is 50.8 Å². The zero-order valence-corrected chi connectivity index (χ0v) is 15.8. The van der Waals surface area contributed by atoms with Crippen LogP contribution in [0.2, 0.25) is 0 Å². The summed E-state index contributed by atoms with van der Waals surface area (Å²) in [6, 6.07) is 5.54. The monoisotopic (exact) mass is 348 g/mol. The fourth-order valence-electron chi connectivity index (χ4n) is 3.17. The summed E-state index contributed by atoms with van der Waals surface area (Å²) in [4.78, 5) is 14.8. The second-order valence-electron chi connectivity index (χ2n) is 6.59. The van der Waals surface area contributed by atoms with Crippen molar-refractivity contribution in [2.24, 2.45) is 5.92 Å². The Balaban J connectivity index is 2.03.